The fourth-order valence-corrected chi connectivity index (χ4v) is 13.8. The second-order valence-electron chi connectivity index (χ2n) is 20.7. The number of aliphatic hydroxyl groups is 9. The first kappa shape index (κ1) is 45.2. The third kappa shape index (κ3) is 7.41. The summed E-state index contributed by atoms with van der Waals surface area (Å²) in [6, 6.07) is 0. The Morgan fingerprint density at radius 2 is 1.41 bits per heavy atom. The monoisotopic (exact) mass is 870 g/mol. The Labute approximate surface area is 357 Å². The topological polar surface area (TPSA) is 256 Å². The van der Waals surface area contributed by atoms with Gasteiger partial charge in [-0.1, -0.05) is 39.3 Å². The molecule has 17 heteroatoms. The van der Waals surface area contributed by atoms with Crippen molar-refractivity contribution in [3.63, 3.8) is 0 Å². The van der Waals surface area contributed by atoms with Gasteiger partial charge in [0.05, 0.1) is 31.5 Å². The van der Waals surface area contributed by atoms with Crippen LogP contribution in [0.15, 0.2) is 11.6 Å². The Bertz CT molecular complexity index is 1590. The fourth-order valence-electron chi connectivity index (χ4n) is 13.8. The zero-order valence-corrected chi connectivity index (χ0v) is 35.9. The number of allylic oxidation sites excluding steroid dienone is 1. The zero-order valence-electron chi connectivity index (χ0n) is 35.9. The van der Waals surface area contributed by atoms with E-state index in [2.05, 4.69) is 33.8 Å². The Hall–Kier alpha value is -0.940. The average molecular weight is 871 g/mol. The number of fused-ring (bicyclic) bond motifs is 7. The summed E-state index contributed by atoms with van der Waals surface area (Å²) in [4.78, 5) is 0. The van der Waals surface area contributed by atoms with Gasteiger partial charge in [0.15, 0.2) is 30.9 Å². The van der Waals surface area contributed by atoms with E-state index in [1.54, 1.807) is 0 Å². The Morgan fingerprint density at radius 3 is 2.11 bits per heavy atom. The van der Waals surface area contributed by atoms with Crippen LogP contribution in [0.2, 0.25) is 0 Å². The number of hydrogen-bond donors (Lipinski definition) is 9. The Morgan fingerprint density at radius 1 is 0.705 bits per heavy atom. The zero-order chi connectivity index (χ0) is 43.5. The van der Waals surface area contributed by atoms with E-state index in [0.29, 0.717) is 48.3 Å². The van der Waals surface area contributed by atoms with Crippen LogP contribution in [-0.4, -0.2) is 169 Å². The van der Waals surface area contributed by atoms with Gasteiger partial charge in [-0.2, -0.15) is 0 Å². The quantitative estimate of drug-likeness (QED) is 0.155. The van der Waals surface area contributed by atoms with Gasteiger partial charge in [0.25, 0.3) is 0 Å². The molecule has 8 fully saturated rings. The summed E-state index contributed by atoms with van der Waals surface area (Å²) in [7, 11) is 0. The molecule has 5 aliphatic heterocycles. The minimum Gasteiger partial charge on any atom is -0.394 e. The molecule has 0 radical (unpaired) electrons. The molecule has 5 heterocycles. The van der Waals surface area contributed by atoms with Gasteiger partial charge in [-0.25, -0.2) is 0 Å². The molecule has 0 amide bonds. The third-order valence-electron chi connectivity index (χ3n) is 17.4. The molecular weight excluding hydrogens is 800 g/mol. The van der Waals surface area contributed by atoms with Gasteiger partial charge in [0.1, 0.15) is 61.0 Å². The molecule has 348 valence electrons. The summed E-state index contributed by atoms with van der Waals surface area (Å²) in [6.45, 7) is 11.1. The van der Waals surface area contributed by atoms with Gasteiger partial charge in [-0.05, 0) is 98.7 Å². The molecule has 0 aromatic rings. The average Bonchev–Trinajstić information content (AvgIpc) is 3.69. The number of aliphatic hydroxyl groups excluding tert-OH is 9. The SMILES string of the molecule is CC1CCC2(OC1)OC1CC3C4CC=C5CC(OC6OC(CO)C(OC7OC(C)C(O)C(O)C7O)C(O)C6OC6OC(O)C(O)C(O)C6O)CCC5(C)C4CCC3(C)C1C2C. The van der Waals surface area contributed by atoms with Crippen molar-refractivity contribution in [1.29, 1.82) is 0 Å². The van der Waals surface area contributed by atoms with Crippen LogP contribution >= 0.6 is 0 Å². The molecule has 5 saturated heterocycles. The first-order chi connectivity index (χ1) is 28.9. The van der Waals surface area contributed by atoms with Gasteiger partial charge in [-0.15, -0.1) is 0 Å². The van der Waals surface area contributed by atoms with Gasteiger partial charge in [-0.3, -0.25) is 0 Å². The van der Waals surface area contributed by atoms with Crippen molar-refractivity contribution in [2.24, 2.45) is 46.3 Å². The summed E-state index contributed by atoms with van der Waals surface area (Å²) in [5.74, 6) is 2.53. The van der Waals surface area contributed by atoms with Crippen LogP contribution in [0.4, 0.5) is 0 Å². The standard InChI is InChI=1S/C44H70O17/c1-18-8-13-44(54-17-18)19(2)28-26(61-44)15-25-23-7-6-21-14-22(9-11-42(21,4)24(23)10-12-43(25,28)5)56-41-37(59-40-34(51)31(48)32(49)38(53)60-40)35(52)36(27(16-45)57-41)58-39-33(50)30(47)29(46)20(3)55-39/h6,18-20,22-41,45-53H,7-17H2,1-5H3. The van der Waals surface area contributed by atoms with Gasteiger partial charge < -0.3 is 83.9 Å². The lowest BCUT2D eigenvalue weighted by molar-refractivity contribution is -0.400. The maximum atomic E-state index is 11.9. The second-order valence-corrected chi connectivity index (χ2v) is 20.7. The minimum absolute atomic E-state index is 0.0448. The molecule has 4 aliphatic carbocycles. The minimum atomic E-state index is -1.94. The summed E-state index contributed by atoms with van der Waals surface area (Å²) in [5, 5.41) is 95.5. The van der Waals surface area contributed by atoms with E-state index in [1.807, 2.05) is 0 Å². The molecule has 17 nitrogen and oxygen atoms in total. The van der Waals surface area contributed by atoms with E-state index < -0.39 is 111 Å². The fraction of sp³-hybridized carbons (Fsp3) is 0.955. The number of ether oxygens (including phenoxy) is 8. The predicted molar refractivity (Wildman–Crippen MR) is 209 cm³/mol. The van der Waals surface area contributed by atoms with Crippen molar-refractivity contribution in [3.05, 3.63) is 11.6 Å². The van der Waals surface area contributed by atoms with E-state index in [0.717, 1.165) is 51.6 Å². The molecule has 9 N–H and O–H groups in total. The summed E-state index contributed by atoms with van der Waals surface area (Å²) < 4.78 is 49.3. The maximum absolute atomic E-state index is 11.9. The highest BCUT2D eigenvalue weighted by Crippen LogP contribution is 2.70. The van der Waals surface area contributed by atoms with Crippen LogP contribution in [0.3, 0.4) is 0 Å². The summed E-state index contributed by atoms with van der Waals surface area (Å²) >= 11 is 0. The van der Waals surface area contributed by atoms with E-state index in [-0.39, 0.29) is 16.9 Å². The van der Waals surface area contributed by atoms with Crippen molar-refractivity contribution < 1.29 is 83.9 Å². The summed E-state index contributed by atoms with van der Waals surface area (Å²) in [6.07, 6.45) is -13.3. The lowest BCUT2D eigenvalue weighted by Crippen LogP contribution is -2.66. The highest BCUT2D eigenvalue weighted by Gasteiger charge is 2.69. The van der Waals surface area contributed by atoms with Crippen molar-refractivity contribution >= 4 is 0 Å². The lowest BCUT2D eigenvalue weighted by atomic mass is 9.47. The van der Waals surface area contributed by atoms with E-state index in [1.165, 1.54) is 12.5 Å². The van der Waals surface area contributed by atoms with Crippen LogP contribution in [-0.2, 0) is 37.9 Å². The Kier molecular flexibility index (Phi) is 12.4. The maximum Gasteiger partial charge on any atom is 0.189 e. The second kappa shape index (κ2) is 16.7. The molecule has 9 rings (SSSR count). The van der Waals surface area contributed by atoms with E-state index in [9.17, 15) is 46.0 Å². The highest BCUT2D eigenvalue weighted by molar-refractivity contribution is 5.26. The first-order valence-electron chi connectivity index (χ1n) is 22.9. The Balaban J connectivity index is 0.916. The van der Waals surface area contributed by atoms with Crippen LogP contribution in [0.25, 0.3) is 0 Å². The largest absolute Gasteiger partial charge is 0.394 e. The van der Waals surface area contributed by atoms with Crippen LogP contribution in [0.5, 0.6) is 0 Å². The predicted octanol–water partition coefficient (Wildman–Crippen LogP) is 0.172. The lowest BCUT2D eigenvalue weighted by Gasteiger charge is -2.58. The van der Waals surface area contributed by atoms with Gasteiger partial charge in [0, 0.05) is 12.3 Å². The first-order valence-corrected chi connectivity index (χ1v) is 22.9. The van der Waals surface area contributed by atoms with Crippen molar-refractivity contribution in [1.82, 2.24) is 0 Å². The van der Waals surface area contributed by atoms with Crippen molar-refractivity contribution in [2.45, 2.75) is 203 Å². The molecule has 0 aromatic carbocycles. The van der Waals surface area contributed by atoms with Crippen molar-refractivity contribution in [3.8, 4) is 0 Å². The van der Waals surface area contributed by atoms with Crippen LogP contribution < -0.4 is 0 Å². The molecule has 26 unspecified atom stereocenters. The van der Waals surface area contributed by atoms with Crippen LogP contribution in [0.1, 0.15) is 92.4 Å². The molecule has 26 atom stereocenters. The normalized spacial score (nSPS) is 58.4. The molecule has 61 heavy (non-hydrogen) atoms. The highest BCUT2D eigenvalue weighted by atomic mass is 16.8. The summed E-state index contributed by atoms with van der Waals surface area (Å²) in [5.41, 5.74) is 1.46. The number of hydrogen-bond acceptors (Lipinski definition) is 17. The molecule has 0 bridgehead atoms. The molecule has 9 aliphatic rings. The third-order valence-corrected chi connectivity index (χ3v) is 17.4. The van der Waals surface area contributed by atoms with E-state index >= 15 is 0 Å². The molecule has 0 aromatic heterocycles. The van der Waals surface area contributed by atoms with Crippen LogP contribution in [0, 0.1) is 46.3 Å². The molecule has 1 spiro atoms. The smallest absolute Gasteiger partial charge is 0.189 e. The van der Waals surface area contributed by atoms with Gasteiger partial charge >= 0.3 is 0 Å². The van der Waals surface area contributed by atoms with Crippen molar-refractivity contribution in [2.75, 3.05) is 13.2 Å². The molecular formula is C44H70O17. The molecule has 3 saturated carbocycles. The van der Waals surface area contributed by atoms with E-state index in [4.69, 9.17) is 37.9 Å². The number of rotatable bonds is 7. The van der Waals surface area contributed by atoms with Gasteiger partial charge in [0.2, 0.25) is 0 Å².